The fourth-order valence-electron chi connectivity index (χ4n) is 2.41. The van der Waals surface area contributed by atoms with Crippen molar-refractivity contribution >= 4 is 29.4 Å². The Morgan fingerprint density at radius 2 is 2.00 bits per heavy atom. The first-order valence-corrected chi connectivity index (χ1v) is 7.89. The number of pyridine rings is 1. The number of halogens is 1. The molecule has 7 heteroatoms. The van der Waals surface area contributed by atoms with Gasteiger partial charge in [0.25, 0.3) is 0 Å². The van der Waals surface area contributed by atoms with Crippen LogP contribution >= 0.6 is 11.6 Å². The molecule has 1 aliphatic heterocycles. The number of carbonyl (C=O) groups is 2. The van der Waals surface area contributed by atoms with E-state index in [1.165, 1.54) is 0 Å². The number of hydrogen-bond donors (Lipinski definition) is 2. The van der Waals surface area contributed by atoms with Gasteiger partial charge in [-0.2, -0.15) is 0 Å². The van der Waals surface area contributed by atoms with Gasteiger partial charge >= 0.3 is 6.09 Å². The predicted octanol–water partition coefficient (Wildman–Crippen LogP) is 2.57. The smallest absolute Gasteiger partial charge is 0.407 e. The number of cyclic esters (lactones) is 1. The SMILES string of the molecule is O=C(Cc1ccc(Cl)cc1)Nc1ccc(CC2COC(=O)N2)cn1. The summed E-state index contributed by atoms with van der Waals surface area (Å²) in [6.07, 6.45) is 2.19. The van der Waals surface area contributed by atoms with Gasteiger partial charge in [0.1, 0.15) is 12.4 Å². The predicted molar refractivity (Wildman–Crippen MR) is 90.0 cm³/mol. The summed E-state index contributed by atoms with van der Waals surface area (Å²) in [6, 6.07) is 10.7. The van der Waals surface area contributed by atoms with Crippen LogP contribution in [-0.2, 0) is 22.4 Å². The Hall–Kier alpha value is -2.60. The molecule has 1 fully saturated rings. The first-order chi connectivity index (χ1) is 11.6. The van der Waals surface area contributed by atoms with Crippen LogP contribution in [0.4, 0.5) is 10.6 Å². The van der Waals surface area contributed by atoms with Gasteiger partial charge in [-0.25, -0.2) is 9.78 Å². The van der Waals surface area contributed by atoms with Gasteiger partial charge < -0.3 is 15.4 Å². The van der Waals surface area contributed by atoms with Crippen LogP contribution in [0.2, 0.25) is 5.02 Å². The summed E-state index contributed by atoms with van der Waals surface area (Å²) >= 11 is 5.82. The number of carbonyl (C=O) groups excluding carboxylic acids is 2. The van der Waals surface area contributed by atoms with Crippen LogP contribution in [0.25, 0.3) is 0 Å². The molecule has 24 heavy (non-hydrogen) atoms. The summed E-state index contributed by atoms with van der Waals surface area (Å²) in [5.41, 5.74) is 1.84. The lowest BCUT2D eigenvalue weighted by Gasteiger charge is -2.08. The number of ether oxygens (including phenoxy) is 1. The maximum Gasteiger partial charge on any atom is 0.407 e. The maximum absolute atomic E-state index is 12.0. The van der Waals surface area contributed by atoms with E-state index >= 15 is 0 Å². The minimum absolute atomic E-state index is 0.0374. The highest BCUT2D eigenvalue weighted by Gasteiger charge is 2.22. The van der Waals surface area contributed by atoms with Gasteiger partial charge in [-0.3, -0.25) is 4.79 Å². The van der Waals surface area contributed by atoms with Gasteiger partial charge in [0.05, 0.1) is 12.5 Å². The summed E-state index contributed by atoms with van der Waals surface area (Å²) < 4.78 is 4.84. The van der Waals surface area contributed by atoms with Crippen molar-refractivity contribution in [2.24, 2.45) is 0 Å². The average molecular weight is 346 g/mol. The van der Waals surface area contributed by atoms with Crippen molar-refractivity contribution in [2.75, 3.05) is 11.9 Å². The Morgan fingerprint density at radius 1 is 1.25 bits per heavy atom. The number of amides is 2. The molecule has 0 radical (unpaired) electrons. The van der Waals surface area contributed by atoms with Crippen LogP contribution in [-0.4, -0.2) is 29.6 Å². The third-order valence-electron chi connectivity index (χ3n) is 3.59. The number of benzene rings is 1. The lowest BCUT2D eigenvalue weighted by molar-refractivity contribution is -0.115. The van der Waals surface area contributed by atoms with Crippen LogP contribution in [0.1, 0.15) is 11.1 Å². The van der Waals surface area contributed by atoms with Crippen LogP contribution in [0.3, 0.4) is 0 Å². The summed E-state index contributed by atoms with van der Waals surface area (Å²) in [7, 11) is 0. The highest BCUT2D eigenvalue weighted by molar-refractivity contribution is 6.30. The number of rotatable bonds is 5. The van der Waals surface area contributed by atoms with Crippen molar-refractivity contribution in [1.29, 1.82) is 0 Å². The molecule has 2 aromatic rings. The van der Waals surface area contributed by atoms with E-state index in [2.05, 4.69) is 15.6 Å². The second-order valence-corrected chi connectivity index (χ2v) is 5.98. The standard InChI is InChI=1S/C17H16ClN3O3/c18-13-4-1-11(2-5-13)8-16(22)21-15-6-3-12(9-19-15)7-14-10-24-17(23)20-14/h1-6,9,14H,7-8,10H2,(H,20,23)(H,19,21,22). The monoisotopic (exact) mass is 345 g/mol. The Bertz CT molecular complexity index is 732. The molecule has 0 spiro atoms. The molecule has 1 saturated heterocycles. The minimum Gasteiger partial charge on any atom is -0.447 e. The molecule has 1 aliphatic rings. The number of nitrogens with zero attached hydrogens (tertiary/aromatic N) is 1. The number of alkyl carbamates (subject to hydrolysis) is 1. The minimum atomic E-state index is -0.390. The first-order valence-electron chi connectivity index (χ1n) is 7.51. The van der Waals surface area contributed by atoms with Crippen molar-refractivity contribution < 1.29 is 14.3 Å². The molecular weight excluding hydrogens is 330 g/mol. The van der Waals surface area contributed by atoms with Crippen molar-refractivity contribution in [3.05, 3.63) is 58.7 Å². The molecule has 3 rings (SSSR count). The molecule has 0 bridgehead atoms. The molecule has 0 saturated carbocycles. The normalized spacial score (nSPS) is 16.4. The molecule has 0 aliphatic carbocycles. The van der Waals surface area contributed by atoms with Crippen LogP contribution in [0, 0.1) is 0 Å². The summed E-state index contributed by atoms with van der Waals surface area (Å²) in [5, 5.41) is 6.11. The van der Waals surface area contributed by atoms with Crippen LogP contribution < -0.4 is 10.6 Å². The lowest BCUT2D eigenvalue weighted by atomic mass is 10.1. The van der Waals surface area contributed by atoms with Crippen LogP contribution in [0.15, 0.2) is 42.6 Å². The van der Waals surface area contributed by atoms with Gasteiger partial charge in [0, 0.05) is 11.2 Å². The molecule has 124 valence electrons. The topological polar surface area (TPSA) is 80.3 Å². The maximum atomic E-state index is 12.0. The fourth-order valence-corrected chi connectivity index (χ4v) is 2.54. The van der Waals surface area contributed by atoms with Gasteiger partial charge in [-0.15, -0.1) is 0 Å². The highest BCUT2D eigenvalue weighted by atomic mass is 35.5. The third kappa shape index (κ3) is 4.45. The van der Waals surface area contributed by atoms with E-state index in [9.17, 15) is 9.59 Å². The molecule has 2 heterocycles. The molecular formula is C17H16ClN3O3. The number of anilines is 1. The molecule has 2 N–H and O–H groups in total. The van der Waals surface area contributed by atoms with Crippen molar-refractivity contribution in [3.8, 4) is 0 Å². The largest absolute Gasteiger partial charge is 0.447 e. The van der Waals surface area contributed by atoms with Gasteiger partial charge in [-0.1, -0.05) is 29.8 Å². The van der Waals surface area contributed by atoms with Gasteiger partial charge in [0.2, 0.25) is 5.91 Å². The quantitative estimate of drug-likeness (QED) is 0.872. The second-order valence-electron chi connectivity index (χ2n) is 5.55. The van der Waals surface area contributed by atoms with E-state index in [4.69, 9.17) is 16.3 Å². The Kier molecular flexibility index (Phi) is 4.96. The van der Waals surface area contributed by atoms with Crippen molar-refractivity contribution in [3.63, 3.8) is 0 Å². The van der Waals surface area contributed by atoms with Crippen molar-refractivity contribution in [2.45, 2.75) is 18.9 Å². The van der Waals surface area contributed by atoms with E-state index in [-0.39, 0.29) is 24.5 Å². The Morgan fingerprint density at radius 3 is 2.62 bits per heavy atom. The molecule has 1 atom stereocenters. The third-order valence-corrected chi connectivity index (χ3v) is 3.84. The molecule has 1 aromatic carbocycles. The zero-order valence-electron chi connectivity index (χ0n) is 12.8. The number of aromatic nitrogens is 1. The average Bonchev–Trinajstić information content (AvgIpc) is 2.96. The summed E-state index contributed by atoms with van der Waals surface area (Å²) in [5.74, 6) is 0.346. The lowest BCUT2D eigenvalue weighted by Crippen LogP contribution is -2.28. The van der Waals surface area contributed by atoms with E-state index in [0.717, 1.165) is 11.1 Å². The van der Waals surface area contributed by atoms with E-state index in [1.54, 1.807) is 24.4 Å². The highest BCUT2D eigenvalue weighted by Crippen LogP contribution is 2.12. The second kappa shape index (κ2) is 7.31. The number of nitrogens with one attached hydrogen (secondary N) is 2. The molecule has 1 unspecified atom stereocenters. The Balaban J connectivity index is 1.52. The zero-order valence-corrected chi connectivity index (χ0v) is 13.5. The van der Waals surface area contributed by atoms with Crippen LogP contribution in [0.5, 0.6) is 0 Å². The fraction of sp³-hybridized carbons (Fsp3) is 0.235. The van der Waals surface area contributed by atoms with Crippen molar-refractivity contribution in [1.82, 2.24) is 10.3 Å². The Labute approximate surface area is 144 Å². The zero-order chi connectivity index (χ0) is 16.9. The summed E-state index contributed by atoms with van der Waals surface area (Å²) in [4.78, 5) is 27.2. The molecule has 2 amide bonds. The van der Waals surface area contributed by atoms with Gasteiger partial charge in [-0.05, 0) is 35.7 Å². The number of hydrogen-bond acceptors (Lipinski definition) is 4. The first kappa shape index (κ1) is 16.3. The van der Waals surface area contributed by atoms with Gasteiger partial charge in [0.15, 0.2) is 0 Å². The molecule has 6 nitrogen and oxygen atoms in total. The summed E-state index contributed by atoms with van der Waals surface area (Å²) in [6.45, 7) is 0.360. The van der Waals surface area contributed by atoms with E-state index < -0.39 is 0 Å². The molecule has 1 aromatic heterocycles. The van der Waals surface area contributed by atoms with E-state index in [0.29, 0.717) is 23.9 Å². The van der Waals surface area contributed by atoms with E-state index in [1.807, 2.05) is 18.2 Å².